The summed E-state index contributed by atoms with van der Waals surface area (Å²) in [6.07, 6.45) is 1.48. The standard InChI is InChI=1S/C14H19FN4O2/c1-8(19-6-2-3-12(19)13(17)20)14(21)18-11-5-4-9(15)7-10(11)16/h4-5,7-8,12H,2-3,6,16H2,1H3,(H2,17,20)(H,18,21). The Balaban J connectivity index is 2.07. The predicted octanol–water partition coefficient (Wildman–Crippen LogP) is 0.685. The molecule has 1 aliphatic heterocycles. The van der Waals surface area contributed by atoms with Crippen LogP contribution in [0.4, 0.5) is 15.8 Å². The zero-order valence-corrected chi connectivity index (χ0v) is 11.8. The van der Waals surface area contributed by atoms with E-state index in [1.54, 1.807) is 11.8 Å². The van der Waals surface area contributed by atoms with Gasteiger partial charge in [0.25, 0.3) is 0 Å². The van der Waals surface area contributed by atoms with Gasteiger partial charge in [0.1, 0.15) is 5.82 Å². The molecule has 2 amide bonds. The second kappa shape index (κ2) is 6.09. The van der Waals surface area contributed by atoms with Crippen LogP contribution in [0, 0.1) is 5.82 Å². The van der Waals surface area contributed by atoms with E-state index in [0.717, 1.165) is 12.5 Å². The summed E-state index contributed by atoms with van der Waals surface area (Å²) in [6, 6.07) is 2.83. The molecular weight excluding hydrogens is 275 g/mol. The minimum absolute atomic E-state index is 0.156. The normalized spacial score (nSPS) is 20.2. The number of rotatable bonds is 4. The first-order valence-electron chi connectivity index (χ1n) is 6.81. The molecule has 0 aliphatic carbocycles. The second-order valence-electron chi connectivity index (χ2n) is 5.20. The summed E-state index contributed by atoms with van der Waals surface area (Å²) in [7, 11) is 0. The Morgan fingerprint density at radius 1 is 1.48 bits per heavy atom. The number of nitrogens with two attached hydrogens (primary N) is 2. The molecule has 0 radical (unpaired) electrons. The quantitative estimate of drug-likeness (QED) is 0.711. The van der Waals surface area contributed by atoms with E-state index in [0.29, 0.717) is 18.7 Å². The molecule has 1 saturated heterocycles. The maximum Gasteiger partial charge on any atom is 0.241 e. The average Bonchev–Trinajstić information content (AvgIpc) is 2.90. The number of halogens is 1. The number of likely N-dealkylation sites (tertiary alicyclic amines) is 1. The highest BCUT2D eigenvalue weighted by atomic mass is 19.1. The van der Waals surface area contributed by atoms with E-state index in [1.165, 1.54) is 12.1 Å². The number of nitrogens with one attached hydrogen (secondary N) is 1. The number of amides is 2. The van der Waals surface area contributed by atoms with Crippen LogP contribution in [0.25, 0.3) is 0 Å². The van der Waals surface area contributed by atoms with Crippen molar-refractivity contribution >= 4 is 23.2 Å². The van der Waals surface area contributed by atoms with Crippen molar-refractivity contribution in [2.75, 3.05) is 17.6 Å². The SMILES string of the molecule is CC(C(=O)Nc1ccc(F)cc1N)N1CCCC1C(N)=O. The van der Waals surface area contributed by atoms with Crippen molar-refractivity contribution in [3.05, 3.63) is 24.0 Å². The Morgan fingerprint density at radius 3 is 2.81 bits per heavy atom. The van der Waals surface area contributed by atoms with Crippen LogP contribution in [0.5, 0.6) is 0 Å². The van der Waals surface area contributed by atoms with Crippen LogP contribution in [0.2, 0.25) is 0 Å². The van der Waals surface area contributed by atoms with Gasteiger partial charge in [0.05, 0.1) is 23.5 Å². The largest absolute Gasteiger partial charge is 0.397 e. The molecule has 1 aromatic rings. The average molecular weight is 294 g/mol. The van der Waals surface area contributed by atoms with Crippen LogP contribution in [0.3, 0.4) is 0 Å². The number of hydrogen-bond acceptors (Lipinski definition) is 4. The molecule has 0 spiro atoms. The van der Waals surface area contributed by atoms with Gasteiger partial charge in [0.2, 0.25) is 11.8 Å². The van der Waals surface area contributed by atoms with Crippen LogP contribution in [0.1, 0.15) is 19.8 Å². The lowest BCUT2D eigenvalue weighted by Gasteiger charge is -2.28. The van der Waals surface area contributed by atoms with Gasteiger partial charge >= 0.3 is 0 Å². The Bertz CT molecular complexity index is 564. The molecule has 6 nitrogen and oxygen atoms in total. The smallest absolute Gasteiger partial charge is 0.241 e. The fourth-order valence-electron chi connectivity index (χ4n) is 2.59. The van der Waals surface area contributed by atoms with Gasteiger partial charge in [0.15, 0.2) is 0 Å². The zero-order chi connectivity index (χ0) is 15.6. The lowest BCUT2D eigenvalue weighted by Crippen LogP contribution is -2.49. The van der Waals surface area contributed by atoms with Gasteiger partial charge in [-0.3, -0.25) is 14.5 Å². The third kappa shape index (κ3) is 3.30. The Hall–Kier alpha value is -2.15. The van der Waals surface area contributed by atoms with E-state index in [9.17, 15) is 14.0 Å². The van der Waals surface area contributed by atoms with E-state index in [-0.39, 0.29) is 11.6 Å². The number of hydrogen-bond donors (Lipinski definition) is 3. The highest BCUT2D eigenvalue weighted by Gasteiger charge is 2.35. The molecule has 0 bridgehead atoms. The number of carbonyl (C=O) groups excluding carboxylic acids is 2. The van der Waals surface area contributed by atoms with E-state index in [2.05, 4.69) is 5.32 Å². The third-order valence-corrected chi connectivity index (χ3v) is 3.77. The van der Waals surface area contributed by atoms with Crippen LogP contribution in [0.15, 0.2) is 18.2 Å². The number of nitrogen functional groups attached to an aromatic ring is 1. The molecule has 5 N–H and O–H groups in total. The van der Waals surface area contributed by atoms with Crippen LogP contribution in [-0.4, -0.2) is 35.3 Å². The number of nitrogens with zero attached hydrogens (tertiary/aromatic N) is 1. The van der Waals surface area contributed by atoms with Gasteiger partial charge in [-0.2, -0.15) is 0 Å². The third-order valence-electron chi connectivity index (χ3n) is 3.77. The van der Waals surface area contributed by atoms with Crippen molar-refractivity contribution in [2.45, 2.75) is 31.8 Å². The molecule has 0 aromatic heterocycles. The number of anilines is 2. The summed E-state index contributed by atoms with van der Waals surface area (Å²) in [5, 5.41) is 2.65. The predicted molar refractivity (Wildman–Crippen MR) is 77.8 cm³/mol. The summed E-state index contributed by atoms with van der Waals surface area (Å²) >= 11 is 0. The molecule has 1 fully saturated rings. The van der Waals surface area contributed by atoms with Gasteiger partial charge in [-0.15, -0.1) is 0 Å². The molecule has 7 heteroatoms. The lowest BCUT2D eigenvalue weighted by molar-refractivity contribution is -0.126. The van der Waals surface area contributed by atoms with Crippen molar-refractivity contribution in [1.29, 1.82) is 0 Å². The zero-order valence-electron chi connectivity index (χ0n) is 11.8. The monoisotopic (exact) mass is 294 g/mol. The van der Waals surface area contributed by atoms with Gasteiger partial charge in [0, 0.05) is 0 Å². The van der Waals surface area contributed by atoms with Crippen molar-refractivity contribution in [2.24, 2.45) is 5.73 Å². The van der Waals surface area contributed by atoms with Crippen molar-refractivity contribution in [3.63, 3.8) is 0 Å². The highest BCUT2D eigenvalue weighted by molar-refractivity contribution is 5.97. The summed E-state index contributed by atoms with van der Waals surface area (Å²) in [6.45, 7) is 2.34. The van der Waals surface area contributed by atoms with Gasteiger partial charge < -0.3 is 16.8 Å². The van der Waals surface area contributed by atoms with E-state index in [1.807, 2.05) is 0 Å². The summed E-state index contributed by atoms with van der Waals surface area (Å²) < 4.78 is 13.0. The first-order chi connectivity index (χ1) is 9.90. The Morgan fingerprint density at radius 2 is 2.19 bits per heavy atom. The molecule has 2 unspecified atom stereocenters. The molecule has 1 aliphatic rings. The Labute approximate surface area is 122 Å². The van der Waals surface area contributed by atoms with Crippen LogP contribution >= 0.6 is 0 Å². The molecule has 0 saturated carbocycles. The second-order valence-corrected chi connectivity index (χ2v) is 5.20. The molecule has 2 rings (SSSR count). The fraction of sp³-hybridized carbons (Fsp3) is 0.429. The lowest BCUT2D eigenvalue weighted by atomic mass is 10.1. The van der Waals surface area contributed by atoms with Crippen molar-refractivity contribution in [3.8, 4) is 0 Å². The summed E-state index contributed by atoms with van der Waals surface area (Å²) in [5.41, 5.74) is 11.5. The van der Waals surface area contributed by atoms with Gasteiger partial charge in [-0.05, 0) is 44.5 Å². The summed E-state index contributed by atoms with van der Waals surface area (Å²) in [4.78, 5) is 25.4. The van der Waals surface area contributed by atoms with Crippen molar-refractivity contribution in [1.82, 2.24) is 4.90 Å². The number of benzene rings is 1. The highest BCUT2D eigenvalue weighted by Crippen LogP contribution is 2.23. The fourth-order valence-corrected chi connectivity index (χ4v) is 2.59. The van der Waals surface area contributed by atoms with Gasteiger partial charge in [-0.1, -0.05) is 0 Å². The van der Waals surface area contributed by atoms with E-state index >= 15 is 0 Å². The molecule has 1 aromatic carbocycles. The minimum Gasteiger partial charge on any atom is -0.397 e. The maximum atomic E-state index is 13.0. The topological polar surface area (TPSA) is 101 Å². The molecule has 114 valence electrons. The van der Waals surface area contributed by atoms with Gasteiger partial charge in [-0.25, -0.2) is 4.39 Å². The first kappa shape index (κ1) is 15.2. The Kier molecular flexibility index (Phi) is 4.42. The van der Waals surface area contributed by atoms with Crippen molar-refractivity contribution < 1.29 is 14.0 Å². The molecule has 2 atom stereocenters. The maximum absolute atomic E-state index is 13.0. The minimum atomic E-state index is -0.519. The van der Waals surface area contributed by atoms with Crippen LogP contribution < -0.4 is 16.8 Å². The summed E-state index contributed by atoms with van der Waals surface area (Å²) in [5.74, 6) is -1.19. The van der Waals surface area contributed by atoms with E-state index < -0.39 is 23.8 Å². The van der Waals surface area contributed by atoms with Crippen LogP contribution in [-0.2, 0) is 9.59 Å². The first-order valence-corrected chi connectivity index (χ1v) is 6.81. The number of carbonyl (C=O) groups is 2. The van der Waals surface area contributed by atoms with E-state index in [4.69, 9.17) is 11.5 Å². The molecule has 1 heterocycles. The number of primary amides is 1. The molecule has 21 heavy (non-hydrogen) atoms. The molecular formula is C14H19FN4O2.